The molecule has 0 spiro atoms. The van der Waals surface area contributed by atoms with Crippen molar-refractivity contribution in [2.24, 2.45) is 5.41 Å². The van der Waals surface area contributed by atoms with Crippen molar-refractivity contribution in [2.45, 2.75) is 39.7 Å². The van der Waals surface area contributed by atoms with Crippen molar-refractivity contribution in [3.05, 3.63) is 29.8 Å². The first-order valence-corrected chi connectivity index (χ1v) is 6.56. The molecule has 0 amide bonds. The second-order valence-electron chi connectivity index (χ2n) is 5.79. The minimum Gasteiger partial charge on any atom is -0.392 e. The van der Waals surface area contributed by atoms with E-state index in [1.54, 1.807) is 0 Å². The molecule has 17 heavy (non-hydrogen) atoms. The average Bonchev–Trinajstić information content (AvgIpc) is 2.50. The van der Waals surface area contributed by atoms with Crippen LogP contribution >= 0.6 is 0 Å². The number of benzene rings is 1. The molecule has 1 aliphatic rings. The summed E-state index contributed by atoms with van der Waals surface area (Å²) in [5.74, 6) is 0. The van der Waals surface area contributed by atoms with E-state index in [1.807, 2.05) is 12.1 Å². The maximum Gasteiger partial charge on any atom is 0.0702 e. The highest BCUT2D eigenvalue weighted by Gasteiger charge is 2.23. The van der Waals surface area contributed by atoms with E-state index >= 15 is 0 Å². The van der Waals surface area contributed by atoms with Crippen LogP contribution in [0.1, 0.15) is 38.7 Å². The summed E-state index contributed by atoms with van der Waals surface area (Å²) in [6.07, 6.45) is 3.77. The lowest BCUT2D eigenvalue weighted by molar-refractivity contribution is 0.282. The second kappa shape index (κ2) is 5.09. The van der Waals surface area contributed by atoms with Gasteiger partial charge >= 0.3 is 0 Å². The molecule has 2 rings (SSSR count). The molecule has 1 aliphatic heterocycles. The van der Waals surface area contributed by atoms with Gasteiger partial charge in [-0.25, -0.2) is 0 Å². The number of aliphatic hydroxyl groups excluding tert-OH is 1. The Balaban J connectivity index is 2.17. The summed E-state index contributed by atoms with van der Waals surface area (Å²) in [4.78, 5) is 2.43. The SMILES string of the molecule is CC1(C)CCCN(c2ccccc2CO)CC1. The zero-order valence-corrected chi connectivity index (χ0v) is 10.9. The van der Waals surface area contributed by atoms with Gasteiger partial charge in [-0.1, -0.05) is 32.0 Å². The number of hydrogen-bond donors (Lipinski definition) is 1. The number of rotatable bonds is 2. The predicted octanol–water partition coefficient (Wildman–Crippen LogP) is 3.20. The van der Waals surface area contributed by atoms with Gasteiger partial charge in [-0.3, -0.25) is 0 Å². The third-order valence-electron chi connectivity index (χ3n) is 3.84. The van der Waals surface area contributed by atoms with E-state index in [9.17, 15) is 5.11 Å². The van der Waals surface area contributed by atoms with E-state index < -0.39 is 0 Å². The third-order valence-corrected chi connectivity index (χ3v) is 3.84. The Hall–Kier alpha value is -1.02. The maximum absolute atomic E-state index is 9.40. The van der Waals surface area contributed by atoms with E-state index in [0.717, 1.165) is 18.7 Å². The monoisotopic (exact) mass is 233 g/mol. The van der Waals surface area contributed by atoms with Gasteiger partial charge in [-0.05, 0) is 30.7 Å². The average molecular weight is 233 g/mol. The van der Waals surface area contributed by atoms with Crippen LogP contribution in [0.15, 0.2) is 24.3 Å². The van der Waals surface area contributed by atoms with Crippen LogP contribution in [0.4, 0.5) is 5.69 Å². The first-order chi connectivity index (χ1) is 8.12. The molecule has 1 heterocycles. The smallest absolute Gasteiger partial charge is 0.0702 e. The fraction of sp³-hybridized carbons (Fsp3) is 0.600. The molecule has 2 nitrogen and oxygen atoms in total. The first kappa shape index (κ1) is 12.4. The summed E-state index contributed by atoms with van der Waals surface area (Å²) in [5.41, 5.74) is 2.73. The largest absolute Gasteiger partial charge is 0.392 e. The molecule has 0 aromatic heterocycles. The van der Waals surface area contributed by atoms with Crippen LogP contribution in [-0.4, -0.2) is 18.2 Å². The predicted molar refractivity (Wildman–Crippen MR) is 72.2 cm³/mol. The van der Waals surface area contributed by atoms with Gasteiger partial charge in [0.15, 0.2) is 0 Å². The highest BCUT2D eigenvalue weighted by molar-refractivity contribution is 5.53. The van der Waals surface area contributed by atoms with Gasteiger partial charge in [0.25, 0.3) is 0 Å². The normalized spacial score (nSPS) is 20.1. The Bertz CT molecular complexity index is 373. The van der Waals surface area contributed by atoms with Gasteiger partial charge in [-0.15, -0.1) is 0 Å². The van der Waals surface area contributed by atoms with E-state index in [1.165, 1.54) is 24.9 Å². The highest BCUT2D eigenvalue weighted by atomic mass is 16.3. The second-order valence-corrected chi connectivity index (χ2v) is 5.79. The first-order valence-electron chi connectivity index (χ1n) is 6.56. The van der Waals surface area contributed by atoms with Crippen LogP contribution in [0.25, 0.3) is 0 Å². The van der Waals surface area contributed by atoms with Crippen molar-refractivity contribution >= 4 is 5.69 Å². The van der Waals surface area contributed by atoms with Gasteiger partial charge < -0.3 is 10.0 Å². The molecule has 0 unspecified atom stereocenters. The Morgan fingerprint density at radius 2 is 1.94 bits per heavy atom. The van der Waals surface area contributed by atoms with Gasteiger partial charge in [0.2, 0.25) is 0 Å². The zero-order chi connectivity index (χ0) is 12.3. The molecule has 1 fully saturated rings. The molecule has 0 atom stereocenters. The summed E-state index contributed by atoms with van der Waals surface area (Å²) in [6.45, 7) is 7.06. The van der Waals surface area contributed by atoms with E-state index in [4.69, 9.17) is 0 Å². The fourth-order valence-corrected chi connectivity index (χ4v) is 2.62. The van der Waals surface area contributed by atoms with Crippen LogP contribution in [-0.2, 0) is 6.61 Å². The lowest BCUT2D eigenvalue weighted by Crippen LogP contribution is -2.26. The molecule has 1 aromatic rings. The number of anilines is 1. The fourth-order valence-electron chi connectivity index (χ4n) is 2.62. The van der Waals surface area contributed by atoms with Crippen LogP contribution in [0.5, 0.6) is 0 Å². The molecule has 1 saturated heterocycles. The lowest BCUT2D eigenvalue weighted by Gasteiger charge is -2.26. The number of hydrogen-bond acceptors (Lipinski definition) is 2. The molecule has 0 aliphatic carbocycles. The number of para-hydroxylation sites is 1. The summed E-state index contributed by atoms with van der Waals surface area (Å²) < 4.78 is 0. The highest BCUT2D eigenvalue weighted by Crippen LogP contribution is 2.32. The minimum atomic E-state index is 0.135. The van der Waals surface area contributed by atoms with Crippen molar-refractivity contribution in [1.29, 1.82) is 0 Å². The quantitative estimate of drug-likeness (QED) is 0.848. The van der Waals surface area contributed by atoms with Crippen LogP contribution < -0.4 is 4.90 Å². The van der Waals surface area contributed by atoms with Gasteiger partial charge in [0.05, 0.1) is 6.61 Å². The van der Waals surface area contributed by atoms with Crippen molar-refractivity contribution in [1.82, 2.24) is 0 Å². The van der Waals surface area contributed by atoms with E-state index in [-0.39, 0.29) is 6.61 Å². The molecular formula is C15H23NO. The Labute approximate surface area is 104 Å². The number of nitrogens with zero attached hydrogens (tertiary/aromatic N) is 1. The Morgan fingerprint density at radius 3 is 2.71 bits per heavy atom. The molecule has 2 heteroatoms. The van der Waals surface area contributed by atoms with Crippen LogP contribution in [0.2, 0.25) is 0 Å². The summed E-state index contributed by atoms with van der Waals surface area (Å²) >= 11 is 0. The summed E-state index contributed by atoms with van der Waals surface area (Å²) in [6, 6.07) is 8.20. The molecule has 0 bridgehead atoms. The lowest BCUT2D eigenvalue weighted by atomic mass is 9.85. The van der Waals surface area contributed by atoms with Crippen molar-refractivity contribution < 1.29 is 5.11 Å². The van der Waals surface area contributed by atoms with Crippen molar-refractivity contribution in [2.75, 3.05) is 18.0 Å². The van der Waals surface area contributed by atoms with Crippen LogP contribution in [0, 0.1) is 5.41 Å². The van der Waals surface area contributed by atoms with Gasteiger partial charge in [0, 0.05) is 24.3 Å². The molecule has 1 N–H and O–H groups in total. The molecule has 0 saturated carbocycles. The third kappa shape index (κ3) is 3.01. The molecule has 0 radical (unpaired) electrons. The topological polar surface area (TPSA) is 23.5 Å². The minimum absolute atomic E-state index is 0.135. The van der Waals surface area contributed by atoms with E-state index in [2.05, 4.69) is 30.9 Å². The Kier molecular flexibility index (Phi) is 3.72. The van der Waals surface area contributed by atoms with Gasteiger partial charge in [0.1, 0.15) is 0 Å². The molecular weight excluding hydrogens is 210 g/mol. The number of aliphatic hydroxyl groups is 1. The van der Waals surface area contributed by atoms with Crippen LogP contribution in [0.3, 0.4) is 0 Å². The van der Waals surface area contributed by atoms with E-state index in [0.29, 0.717) is 5.41 Å². The standard InChI is InChI=1S/C15H23NO/c1-15(2)8-5-10-16(11-9-15)14-7-4-3-6-13(14)12-17/h3-4,6-7,17H,5,8-12H2,1-2H3. The summed E-state index contributed by atoms with van der Waals surface area (Å²) in [7, 11) is 0. The maximum atomic E-state index is 9.40. The van der Waals surface area contributed by atoms with Crippen molar-refractivity contribution in [3.8, 4) is 0 Å². The van der Waals surface area contributed by atoms with Gasteiger partial charge in [-0.2, -0.15) is 0 Å². The molecule has 94 valence electrons. The molecule has 1 aromatic carbocycles. The Morgan fingerprint density at radius 1 is 1.18 bits per heavy atom. The van der Waals surface area contributed by atoms with Crippen molar-refractivity contribution in [3.63, 3.8) is 0 Å². The zero-order valence-electron chi connectivity index (χ0n) is 10.9. The summed E-state index contributed by atoms with van der Waals surface area (Å²) in [5, 5.41) is 9.40.